The number of hydrogen-bond donors (Lipinski definition) is 0. The van der Waals surface area contributed by atoms with Crippen molar-refractivity contribution in [1.82, 2.24) is 0 Å². The van der Waals surface area contributed by atoms with Crippen LogP contribution in [0.1, 0.15) is 25.3 Å². The van der Waals surface area contributed by atoms with Crippen molar-refractivity contribution < 1.29 is 17.9 Å². The summed E-state index contributed by atoms with van der Waals surface area (Å²) in [6.45, 7) is 4.03. The molecule has 0 aliphatic heterocycles. The summed E-state index contributed by atoms with van der Waals surface area (Å²) in [6.07, 6.45) is 5.56. The molecule has 0 atom stereocenters. The zero-order valence-corrected chi connectivity index (χ0v) is 12.7. The number of esters is 1. The highest BCUT2D eigenvalue weighted by Crippen LogP contribution is 2.12. The van der Waals surface area contributed by atoms with E-state index in [1.165, 1.54) is 12.1 Å². The summed E-state index contributed by atoms with van der Waals surface area (Å²) in [4.78, 5) is 11.6. The average Bonchev–Trinajstić information content (AvgIpc) is 2.38. The second-order valence-electron chi connectivity index (χ2n) is 4.52. The van der Waals surface area contributed by atoms with Crippen LogP contribution in [0.3, 0.4) is 0 Å². The lowest BCUT2D eigenvalue weighted by Gasteiger charge is -2.05. The third kappa shape index (κ3) is 5.57. The number of allylic oxidation sites excluding steroid dienone is 1. The van der Waals surface area contributed by atoms with Gasteiger partial charge in [0.05, 0.1) is 4.90 Å². The molecule has 1 rings (SSSR count). The molecule has 0 bridgehead atoms. The number of hydrogen-bond acceptors (Lipinski definition) is 4. The minimum atomic E-state index is -3.62. The first-order chi connectivity index (χ1) is 9.45. The standard InChI is InChI=1S/C15H20O4S/c1-3-4-5-6-11-19-15(16)12-20(17,18)14-9-7-13(2)8-10-14/h5-10H,3-4,11-12H2,1-2H3/b6-5+. The summed E-state index contributed by atoms with van der Waals surface area (Å²) >= 11 is 0. The summed E-state index contributed by atoms with van der Waals surface area (Å²) in [5.74, 6) is -1.36. The van der Waals surface area contributed by atoms with Crippen molar-refractivity contribution in [3.8, 4) is 0 Å². The van der Waals surface area contributed by atoms with Gasteiger partial charge in [0.1, 0.15) is 6.61 Å². The first-order valence-corrected chi connectivity index (χ1v) is 8.21. The Morgan fingerprint density at radius 2 is 1.85 bits per heavy atom. The van der Waals surface area contributed by atoms with Crippen molar-refractivity contribution in [2.45, 2.75) is 31.6 Å². The molecular formula is C15H20O4S. The van der Waals surface area contributed by atoms with Gasteiger partial charge in [-0.1, -0.05) is 43.2 Å². The maximum Gasteiger partial charge on any atom is 0.321 e. The van der Waals surface area contributed by atoms with Crippen LogP contribution in [0, 0.1) is 6.92 Å². The Labute approximate surface area is 120 Å². The molecule has 20 heavy (non-hydrogen) atoms. The molecule has 0 amide bonds. The summed E-state index contributed by atoms with van der Waals surface area (Å²) in [7, 11) is -3.62. The minimum Gasteiger partial charge on any atom is -0.461 e. The Bertz CT molecular complexity index is 556. The smallest absolute Gasteiger partial charge is 0.321 e. The zero-order chi connectivity index (χ0) is 15.0. The van der Waals surface area contributed by atoms with Crippen molar-refractivity contribution in [1.29, 1.82) is 0 Å². The van der Waals surface area contributed by atoms with Gasteiger partial charge < -0.3 is 4.74 Å². The van der Waals surface area contributed by atoms with E-state index >= 15 is 0 Å². The van der Waals surface area contributed by atoms with Crippen molar-refractivity contribution in [2.24, 2.45) is 0 Å². The van der Waals surface area contributed by atoms with E-state index in [2.05, 4.69) is 0 Å². The maximum atomic E-state index is 12.0. The summed E-state index contributed by atoms with van der Waals surface area (Å²) in [6, 6.07) is 6.40. The summed E-state index contributed by atoms with van der Waals surface area (Å²) < 4.78 is 28.8. The highest BCUT2D eigenvalue weighted by atomic mass is 32.2. The van der Waals surface area contributed by atoms with E-state index in [1.54, 1.807) is 18.2 Å². The van der Waals surface area contributed by atoms with Crippen LogP contribution in [0.2, 0.25) is 0 Å². The van der Waals surface area contributed by atoms with Gasteiger partial charge >= 0.3 is 5.97 Å². The van der Waals surface area contributed by atoms with E-state index in [0.29, 0.717) is 0 Å². The predicted molar refractivity (Wildman–Crippen MR) is 78.2 cm³/mol. The van der Waals surface area contributed by atoms with Gasteiger partial charge in [-0.15, -0.1) is 0 Å². The van der Waals surface area contributed by atoms with E-state index in [9.17, 15) is 13.2 Å². The second kappa shape index (κ2) is 7.85. The van der Waals surface area contributed by atoms with E-state index in [1.807, 2.05) is 19.9 Å². The quantitative estimate of drug-likeness (QED) is 0.573. The number of sulfone groups is 1. The van der Waals surface area contributed by atoms with Gasteiger partial charge in [-0.05, 0) is 25.5 Å². The topological polar surface area (TPSA) is 60.4 Å². The first kappa shape index (κ1) is 16.4. The van der Waals surface area contributed by atoms with Crippen LogP contribution in [-0.4, -0.2) is 26.7 Å². The van der Waals surface area contributed by atoms with Crippen LogP contribution in [0.5, 0.6) is 0 Å². The molecule has 0 radical (unpaired) electrons. The van der Waals surface area contributed by atoms with Crippen molar-refractivity contribution in [3.63, 3.8) is 0 Å². The Hall–Kier alpha value is -1.62. The van der Waals surface area contributed by atoms with E-state index in [4.69, 9.17) is 4.74 Å². The predicted octanol–water partition coefficient (Wildman–Crippen LogP) is 2.67. The number of unbranched alkanes of at least 4 members (excludes halogenated alkanes) is 1. The molecule has 0 heterocycles. The van der Waals surface area contributed by atoms with Crippen LogP contribution in [0.25, 0.3) is 0 Å². The molecule has 0 unspecified atom stereocenters. The summed E-state index contributed by atoms with van der Waals surface area (Å²) in [5.41, 5.74) is 0.965. The van der Waals surface area contributed by atoms with Crippen LogP contribution < -0.4 is 0 Å². The number of benzene rings is 1. The molecule has 0 aromatic heterocycles. The molecule has 1 aromatic carbocycles. The maximum absolute atomic E-state index is 12.0. The molecule has 0 saturated carbocycles. The van der Waals surface area contributed by atoms with Crippen LogP contribution in [0.4, 0.5) is 0 Å². The van der Waals surface area contributed by atoms with Gasteiger partial charge in [-0.25, -0.2) is 8.42 Å². The van der Waals surface area contributed by atoms with Gasteiger partial charge in [0.25, 0.3) is 0 Å². The molecule has 0 fully saturated rings. The normalized spacial score (nSPS) is 11.7. The number of ether oxygens (including phenoxy) is 1. The highest BCUT2D eigenvalue weighted by molar-refractivity contribution is 7.92. The van der Waals surface area contributed by atoms with E-state index < -0.39 is 21.6 Å². The lowest BCUT2D eigenvalue weighted by atomic mass is 10.2. The SMILES string of the molecule is CCC/C=C/COC(=O)CS(=O)(=O)c1ccc(C)cc1. The Balaban J connectivity index is 2.54. The third-order valence-corrected chi connectivity index (χ3v) is 4.26. The number of aryl methyl sites for hydroxylation is 1. The Morgan fingerprint density at radius 3 is 2.45 bits per heavy atom. The van der Waals surface area contributed by atoms with Crippen molar-refractivity contribution >= 4 is 15.8 Å². The second-order valence-corrected chi connectivity index (χ2v) is 6.50. The van der Waals surface area contributed by atoms with Crippen LogP contribution >= 0.6 is 0 Å². The lowest BCUT2D eigenvalue weighted by molar-refractivity contribution is -0.139. The average molecular weight is 296 g/mol. The van der Waals surface area contributed by atoms with Gasteiger partial charge in [0.15, 0.2) is 15.6 Å². The molecular weight excluding hydrogens is 276 g/mol. The number of carbonyl (C=O) groups is 1. The molecule has 110 valence electrons. The lowest BCUT2D eigenvalue weighted by Crippen LogP contribution is -2.18. The Kier molecular flexibility index (Phi) is 6.45. The number of carbonyl (C=O) groups excluding carboxylic acids is 1. The fraction of sp³-hybridized carbons (Fsp3) is 0.400. The monoisotopic (exact) mass is 296 g/mol. The molecule has 5 heteroatoms. The van der Waals surface area contributed by atoms with Crippen LogP contribution in [-0.2, 0) is 19.4 Å². The molecule has 0 N–H and O–H groups in total. The first-order valence-electron chi connectivity index (χ1n) is 6.55. The molecule has 0 saturated heterocycles. The number of rotatable bonds is 7. The Morgan fingerprint density at radius 1 is 1.20 bits per heavy atom. The van der Waals surface area contributed by atoms with Crippen molar-refractivity contribution in [3.05, 3.63) is 42.0 Å². The zero-order valence-electron chi connectivity index (χ0n) is 11.8. The molecule has 0 spiro atoms. The third-order valence-electron chi connectivity index (χ3n) is 2.65. The van der Waals surface area contributed by atoms with Gasteiger partial charge in [0.2, 0.25) is 0 Å². The largest absolute Gasteiger partial charge is 0.461 e. The van der Waals surface area contributed by atoms with Gasteiger partial charge in [-0.3, -0.25) is 4.79 Å². The van der Waals surface area contributed by atoms with Crippen LogP contribution in [0.15, 0.2) is 41.3 Å². The molecule has 1 aromatic rings. The minimum absolute atomic E-state index is 0.113. The molecule has 4 nitrogen and oxygen atoms in total. The van der Waals surface area contributed by atoms with E-state index in [-0.39, 0.29) is 11.5 Å². The fourth-order valence-electron chi connectivity index (χ4n) is 1.52. The molecule has 0 aliphatic carbocycles. The van der Waals surface area contributed by atoms with Gasteiger partial charge in [0, 0.05) is 0 Å². The van der Waals surface area contributed by atoms with E-state index in [0.717, 1.165) is 18.4 Å². The summed E-state index contributed by atoms with van der Waals surface area (Å²) in [5, 5.41) is 0. The fourth-order valence-corrected chi connectivity index (χ4v) is 2.63. The van der Waals surface area contributed by atoms with Gasteiger partial charge in [-0.2, -0.15) is 0 Å². The van der Waals surface area contributed by atoms with Crippen molar-refractivity contribution in [2.75, 3.05) is 12.4 Å². The highest BCUT2D eigenvalue weighted by Gasteiger charge is 2.19. The molecule has 0 aliphatic rings.